The van der Waals surface area contributed by atoms with Crippen LogP contribution >= 0.6 is 0 Å². The van der Waals surface area contributed by atoms with Gasteiger partial charge < -0.3 is 15.4 Å². The smallest absolute Gasteiger partial charge is 0.224 e. The van der Waals surface area contributed by atoms with Gasteiger partial charge in [0.2, 0.25) is 5.91 Å². The van der Waals surface area contributed by atoms with Gasteiger partial charge in [0, 0.05) is 26.3 Å². The highest BCUT2D eigenvalue weighted by Gasteiger charge is 2.22. The highest BCUT2D eigenvalue weighted by molar-refractivity contribution is 5.79. The summed E-state index contributed by atoms with van der Waals surface area (Å²) in [5.74, 6) is 0.346. The van der Waals surface area contributed by atoms with E-state index in [9.17, 15) is 4.79 Å². The molecule has 0 saturated carbocycles. The van der Waals surface area contributed by atoms with E-state index < -0.39 is 0 Å². The molecule has 2 atom stereocenters. The fraction of sp³-hybridized carbons (Fsp3) is 0.900. The lowest BCUT2D eigenvalue weighted by atomic mass is 10.1. The Morgan fingerprint density at radius 2 is 2.50 bits per heavy atom. The largest absolute Gasteiger partial charge is 0.385 e. The van der Waals surface area contributed by atoms with Crippen LogP contribution in [0.1, 0.15) is 19.8 Å². The van der Waals surface area contributed by atoms with Crippen molar-refractivity contribution in [2.45, 2.75) is 25.8 Å². The normalized spacial score (nSPS) is 23.4. The Morgan fingerprint density at radius 1 is 1.71 bits per heavy atom. The molecule has 0 aliphatic carbocycles. The number of ether oxygens (including phenoxy) is 1. The van der Waals surface area contributed by atoms with Gasteiger partial charge >= 0.3 is 0 Å². The van der Waals surface area contributed by atoms with Gasteiger partial charge in [-0.15, -0.1) is 0 Å². The summed E-state index contributed by atoms with van der Waals surface area (Å²) >= 11 is 0. The Hall–Kier alpha value is -0.610. The standard InChI is InChI=1S/C10H20N2O2/c1-8(4-6-14-2)12-10(13)9-3-5-11-7-9/h8-9,11H,3-7H2,1-2H3,(H,12,13). The summed E-state index contributed by atoms with van der Waals surface area (Å²) < 4.78 is 4.96. The molecule has 0 bridgehead atoms. The van der Waals surface area contributed by atoms with E-state index in [1.807, 2.05) is 6.92 Å². The average molecular weight is 200 g/mol. The molecule has 2 N–H and O–H groups in total. The van der Waals surface area contributed by atoms with Gasteiger partial charge in [-0.1, -0.05) is 0 Å². The van der Waals surface area contributed by atoms with Gasteiger partial charge in [0.15, 0.2) is 0 Å². The zero-order valence-electron chi connectivity index (χ0n) is 9.01. The molecule has 4 heteroatoms. The molecule has 0 spiro atoms. The Bertz CT molecular complexity index is 179. The summed E-state index contributed by atoms with van der Waals surface area (Å²) in [7, 11) is 1.68. The molecule has 82 valence electrons. The van der Waals surface area contributed by atoms with Crippen LogP contribution in [0.15, 0.2) is 0 Å². The molecule has 0 aromatic heterocycles. The highest BCUT2D eigenvalue weighted by atomic mass is 16.5. The van der Waals surface area contributed by atoms with E-state index in [0.717, 1.165) is 25.9 Å². The van der Waals surface area contributed by atoms with Crippen molar-refractivity contribution in [2.24, 2.45) is 5.92 Å². The summed E-state index contributed by atoms with van der Waals surface area (Å²) in [6.07, 6.45) is 1.84. The minimum absolute atomic E-state index is 0.167. The van der Waals surface area contributed by atoms with Crippen LogP contribution in [0.2, 0.25) is 0 Å². The minimum Gasteiger partial charge on any atom is -0.385 e. The number of carbonyl (C=O) groups excluding carboxylic acids is 1. The molecule has 1 aliphatic rings. The zero-order valence-corrected chi connectivity index (χ0v) is 9.01. The topological polar surface area (TPSA) is 50.4 Å². The molecule has 1 saturated heterocycles. The van der Waals surface area contributed by atoms with Crippen molar-refractivity contribution < 1.29 is 9.53 Å². The van der Waals surface area contributed by atoms with Crippen LogP contribution in [0, 0.1) is 5.92 Å². The lowest BCUT2D eigenvalue weighted by Gasteiger charge is -2.16. The van der Waals surface area contributed by atoms with Crippen LogP contribution in [0.3, 0.4) is 0 Å². The SMILES string of the molecule is COCCC(C)NC(=O)C1CCNC1. The zero-order chi connectivity index (χ0) is 10.4. The van der Waals surface area contributed by atoms with Crippen molar-refractivity contribution in [3.63, 3.8) is 0 Å². The molecule has 1 rings (SSSR count). The number of rotatable bonds is 5. The summed E-state index contributed by atoms with van der Waals surface area (Å²) in [4.78, 5) is 11.6. The van der Waals surface area contributed by atoms with Crippen LogP contribution in [0.4, 0.5) is 0 Å². The Labute approximate surface area is 85.4 Å². The number of amides is 1. The first kappa shape index (κ1) is 11.5. The van der Waals surface area contributed by atoms with Crippen molar-refractivity contribution in [1.29, 1.82) is 0 Å². The van der Waals surface area contributed by atoms with E-state index in [-0.39, 0.29) is 17.9 Å². The quantitative estimate of drug-likeness (QED) is 0.663. The molecule has 1 heterocycles. The van der Waals surface area contributed by atoms with E-state index >= 15 is 0 Å². The van der Waals surface area contributed by atoms with Gasteiger partial charge in [-0.3, -0.25) is 4.79 Å². The van der Waals surface area contributed by atoms with Crippen LogP contribution in [0.25, 0.3) is 0 Å². The third-order valence-electron chi connectivity index (χ3n) is 2.57. The second kappa shape index (κ2) is 5.98. The molecular formula is C10H20N2O2. The van der Waals surface area contributed by atoms with Crippen molar-refractivity contribution in [3.8, 4) is 0 Å². The third kappa shape index (κ3) is 3.64. The van der Waals surface area contributed by atoms with E-state index in [4.69, 9.17) is 4.74 Å². The molecule has 1 fully saturated rings. The van der Waals surface area contributed by atoms with Crippen LogP contribution in [0.5, 0.6) is 0 Å². The van der Waals surface area contributed by atoms with Gasteiger partial charge in [0.05, 0.1) is 5.92 Å². The first-order valence-corrected chi connectivity index (χ1v) is 5.24. The van der Waals surface area contributed by atoms with Crippen molar-refractivity contribution in [1.82, 2.24) is 10.6 Å². The van der Waals surface area contributed by atoms with Crippen LogP contribution in [-0.4, -0.2) is 38.8 Å². The Morgan fingerprint density at radius 3 is 3.07 bits per heavy atom. The van der Waals surface area contributed by atoms with E-state index in [0.29, 0.717) is 6.61 Å². The van der Waals surface area contributed by atoms with Crippen molar-refractivity contribution in [2.75, 3.05) is 26.8 Å². The molecular weight excluding hydrogens is 180 g/mol. The predicted molar refractivity (Wildman–Crippen MR) is 55.1 cm³/mol. The summed E-state index contributed by atoms with van der Waals surface area (Å²) in [6, 6.07) is 0.211. The molecule has 1 aliphatic heterocycles. The average Bonchev–Trinajstić information content (AvgIpc) is 2.67. The molecule has 1 amide bonds. The van der Waals surface area contributed by atoms with Crippen LogP contribution < -0.4 is 10.6 Å². The van der Waals surface area contributed by atoms with E-state index in [1.54, 1.807) is 7.11 Å². The third-order valence-corrected chi connectivity index (χ3v) is 2.57. The Kier molecular flexibility index (Phi) is 4.90. The summed E-state index contributed by atoms with van der Waals surface area (Å²) in [6.45, 7) is 4.50. The first-order valence-electron chi connectivity index (χ1n) is 5.24. The predicted octanol–water partition coefficient (Wildman–Crippen LogP) is 0.137. The lowest BCUT2D eigenvalue weighted by Crippen LogP contribution is -2.38. The second-order valence-corrected chi connectivity index (χ2v) is 3.88. The molecule has 0 aromatic rings. The maximum atomic E-state index is 11.6. The van der Waals surface area contributed by atoms with E-state index in [1.165, 1.54) is 0 Å². The van der Waals surface area contributed by atoms with Gasteiger partial charge in [0.25, 0.3) is 0 Å². The monoisotopic (exact) mass is 200 g/mol. The minimum atomic E-state index is 0.167. The summed E-state index contributed by atoms with van der Waals surface area (Å²) in [5, 5.41) is 6.18. The van der Waals surface area contributed by atoms with Gasteiger partial charge in [0.1, 0.15) is 0 Å². The number of nitrogens with one attached hydrogen (secondary N) is 2. The first-order chi connectivity index (χ1) is 6.74. The molecule has 14 heavy (non-hydrogen) atoms. The fourth-order valence-electron chi connectivity index (χ4n) is 1.61. The molecule has 2 unspecified atom stereocenters. The van der Waals surface area contributed by atoms with Crippen molar-refractivity contribution >= 4 is 5.91 Å². The Balaban J connectivity index is 2.18. The van der Waals surface area contributed by atoms with Crippen LogP contribution in [-0.2, 0) is 9.53 Å². The number of hydrogen-bond acceptors (Lipinski definition) is 3. The summed E-state index contributed by atoms with van der Waals surface area (Å²) in [5.41, 5.74) is 0. The van der Waals surface area contributed by atoms with E-state index in [2.05, 4.69) is 10.6 Å². The number of hydrogen-bond donors (Lipinski definition) is 2. The van der Waals surface area contributed by atoms with Crippen molar-refractivity contribution in [3.05, 3.63) is 0 Å². The number of methoxy groups -OCH3 is 1. The lowest BCUT2D eigenvalue weighted by molar-refractivity contribution is -0.125. The van der Waals surface area contributed by atoms with Gasteiger partial charge in [-0.2, -0.15) is 0 Å². The highest BCUT2D eigenvalue weighted by Crippen LogP contribution is 2.07. The number of carbonyl (C=O) groups is 1. The van der Waals surface area contributed by atoms with Gasteiger partial charge in [-0.25, -0.2) is 0 Å². The maximum absolute atomic E-state index is 11.6. The molecule has 0 aromatic carbocycles. The maximum Gasteiger partial charge on any atom is 0.224 e. The molecule has 4 nitrogen and oxygen atoms in total. The fourth-order valence-corrected chi connectivity index (χ4v) is 1.61. The van der Waals surface area contributed by atoms with Gasteiger partial charge in [-0.05, 0) is 26.3 Å². The second-order valence-electron chi connectivity index (χ2n) is 3.88. The molecule has 0 radical (unpaired) electrons.